The van der Waals surface area contributed by atoms with Gasteiger partial charge in [0.15, 0.2) is 0 Å². The Bertz CT molecular complexity index is 666. The number of halogens is 1. The number of piperazine rings is 1. The number of amides is 1. The lowest BCUT2D eigenvalue weighted by atomic mass is 10.2. The lowest BCUT2D eigenvalue weighted by Gasteiger charge is -2.36. The number of carbonyl (C=O) groups excluding carboxylic acids is 1. The largest absolute Gasteiger partial charge is 0.497 e. The average molecular weight is 381 g/mol. The molecule has 1 fully saturated rings. The summed E-state index contributed by atoms with van der Waals surface area (Å²) < 4.78 is 6.26. The SMILES string of the molecule is COc1cccc(N2CCN(C(=O)c3ccc(Br)s3)CC2)c1. The summed E-state index contributed by atoms with van der Waals surface area (Å²) in [5.41, 5.74) is 1.14. The number of hydrogen-bond acceptors (Lipinski definition) is 4. The molecule has 0 N–H and O–H groups in total. The molecule has 0 unspecified atom stereocenters. The Morgan fingerprint density at radius 1 is 1.18 bits per heavy atom. The number of rotatable bonds is 3. The maximum Gasteiger partial charge on any atom is 0.264 e. The molecular formula is C16H17BrN2O2S. The van der Waals surface area contributed by atoms with E-state index in [1.165, 1.54) is 11.3 Å². The quantitative estimate of drug-likeness (QED) is 0.816. The van der Waals surface area contributed by atoms with Crippen LogP contribution in [-0.4, -0.2) is 44.1 Å². The lowest BCUT2D eigenvalue weighted by Crippen LogP contribution is -2.48. The second kappa shape index (κ2) is 6.71. The molecule has 0 atom stereocenters. The fourth-order valence-electron chi connectivity index (χ4n) is 2.56. The van der Waals surface area contributed by atoms with E-state index in [1.807, 2.05) is 35.2 Å². The highest BCUT2D eigenvalue weighted by Crippen LogP contribution is 2.25. The van der Waals surface area contributed by atoms with Crippen LogP contribution in [0.15, 0.2) is 40.2 Å². The molecule has 0 spiro atoms. The zero-order valence-corrected chi connectivity index (χ0v) is 14.7. The first-order valence-corrected chi connectivity index (χ1v) is 8.72. The standard InChI is InChI=1S/C16H17BrN2O2S/c1-21-13-4-2-3-12(11-13)18-7-9-19(10-8-18)16(20)14-5-6-15(17)22-14/h2-6,11H,7-10H2,1H3. The normalized spacial score (nSPS) is 15.0. The number of ether oxygens (including phenoxy) is 1. The number of benzene rings is 1. The van der Waals surface area contributed by atoms with E-state index in [1.54, 1.807) is 7.11 Å². The molecule has 4 nitrogen and oxygen atoms in total. The van der Waals surface area contributed by atoms with Crippen molar-refractivity contribution in [1.82, 2.24) is 4.90 Å². The summed E-state index contributed by atoms with van der Waals surface area (Å²) >= 11 is 4.89. The zero-order chi connectivity index (χ0) is 15.5. The minimum Gasteiger partial charge on any atom is -0.497 e. The topological polar surface area (TPSA) is 32.8 Å². The van der Waals surface area contributed by atoms with Gasteiger partial charge in [-0.1, -0.05) is 6.07 Å². The van der Waals surface area contributed by atoms with Gasteiger partial charge in [-0.05, 0) is 40.2 Å². The van der Waals surface area contributed by atoms with Crippen molar-refractivity contribution in [3.8, 4) is 5.75 Å². The molecule has 1 amide bonds. The fraction of sp³-hybridized carbons (Fsp3) is 0.312. The first kappa shape index (κ1) is 15.4. The van der Waals surface area contributed by atoms with Gasteiger partial charge in [0.2, 0.25) is 0 Å². The van der Waals surface area contributed by atoms with E-state index in [0.29, 0.717) is 0 Å². The highest BCUT2D eigenvalue weighted by atomic mass is 79.9. The van der Waals surface area contributed by atoms with Crippen LogP contribution in [0.5, 0.6) is 5.75 Å². The van der Waals surface area contributed by atoms with Gasteiger partial charge in [-0.3, -0.25) is 4.79 Å². The first-order chi connectivity index (χ1) is 10.7. The van der Waals surface area contributed by atoms with Gasteiger partial charge < -0.3 is 14.5 Å². The zero-order valence-electron chi connectivity index (χ0n) is 12.3. The molecule has 2 heterocycles. The fourth-order valence-corrected chi connectivity index (χ4v) is 3.91. The Labute approximate surface area is 142 Å². The van der Waals surface area contributed by atoms with E-state index in [-0.39, 0.29) is 5.91 Å². The monoisotopic (exact) mass is 380 g/mol. The van der Waals surface area contributed by atoms with E-state index >= 15 is 0 Å². The van der Waals surface area contributed by atoms with Crippen molar-refractivity contribution >= 4 is 38.9 Å². The Morgan fingerprint density at radius 2 is 1.95 bits per heavy atom. The van der Waals surface area contributed by atoms with Crippen LogP contribution in [-0.2, 0) is 0 Å². The molecule has 1 aliphatic heterocycles. The van der Waals surface area contributed by atoms with Crippen molar-refractivity contribution in [3.05, 3.63) is 45.1 Å². The predicted molar refractivity (Wildman–Crippen MR) is 93.1 cm³/mol. The lowest BCUT2D eigenvalue weighted by molar-refractivity contribution is 0.0751. The van der Waals surface area contributed by atoms with E-state index in [2.05, 4.69) is 26.9 Å². The van der Waals surface area contributed by atoms with Crippen molar-refractivity contribution < 1.29 is 9.53 Å². The molecule has 0 aliphatic carbocycles. The molecule has 1 saturated heterocycles. The second-order valence-corrected chi connectivity index (χ2v) is 7.55. The van der Waals surface area contributed by atoms with E-state index < -0.39 is 0 Å². The smallest absolute Gasteiger partial charge is 0.264 e. The highest BCUT2D eigenvalue weighted by Gasteiger charge is 2.23. The van der Waals surface area contributed by atoms with Crippen molar-refractivity contribution in [2.75, 3.05) is 38.2 Å². The summed E-state index contributed by atoms with van der Waals surface area (Å²) in [4.78, 5) is 17.4. The van der Waals surface area contributed by atoms with Crippen molar-refractivity contribution in [3.63, 3.8) is 0 Å². The maximum atomic E-state index is 12.4. The number of thiophene rings is 1. The molecule has 6 heteroatoms. The maximum absolute atomic E-state index is 12.4. The van der Waals surface area contributed by atoms with Crippen LogP contribution in [0.2, 0.25) is 0 Å². The van der Waals surface area contributed by atoms with Gasteiger partial charge in [0, 0.05) is 37.9 Å². The summed E-state index contributed by atoms with van der Waals surface area (Å²) in [7, 11) is 1.68. The molecule has 1 aliphatic rings. The second-order valence-electron chi connectivity index (χ2n) is 5.08. The van der Waals surface area contributed by atoms with E-state index in [9.17, 15) is 4.79 Å². The van der Waals surface area contributed by atoms with Gasteiger partial charge >= 0.3 is 0 Å². The molecule has 0 radical (unpaired) electrons. The molecule has 0 saturated carbocycles. The third-order valence-corrected chi connectivity index (χ3v) is 5.38. The molecule has 0 bridgehead atoms. The molecule has 22 heavy (non-hydrogen) atoms. The van der Waals surface area contributed by atoms with Crippen LogP contribution in [0, 0.1) is 0 Å². The first-order valence-electron chi connectivity index (χ1n) is 7.11. The van der Waals surface area contributed by atoms with Crippen molar-refractivity contribution in [2.45, 2.75) is 0 Å². The van der Waals surface area contributed by atoms with Gasteiger partial charge in [0.05, 0.1) is 15.8 Å². The van der Waals surface area contributed by atoms with Gasteiger partial charge in [0.1, 0.15) is 5.75 Å². The number of anilines is 1. The Morgan fingerprint density at radius 3 is 2.59 bits per heavy atom. The summed E-state index contributed by atoms with van der Waals surface area (Å²) in [5.74, 6) is 0.987. The average Bonchev–Trinajstić information content (AvgIpc) is 3.01. The Hall–Kier alpha value is -1.53. The number of carbonyl (C=O) groups is 1. The molecule has 1 aromatic carbocycles. The van der Waals surface area contributed by atoms with E-state index in [4.69, 9.17) is 4.74 Å². The summed E-state index contributed by atoms with van der Waals surface area (Å²) in [6.07, 6.45) is 0. The van der Waals surface area contributed by atoms with Gasteiger partial charge in [-0.2, -0.15) is 0 Å². The molecular weight excluding hydrogens is 364 g/mol. The number of nitrogens with zero attached hydrogens (tertiary/aromatic N) is 2. The summed E-state index contributed by atoms with van der Waals surface area (Å²) in [6, 6.07) is 11.9. The minimum atomic E-state index is 0.126. The van der Waals surface area contributed by atoms with Crippen molar-refractivity contribution in [2.24, 2.45) is 0 Å². The van der Waals surface area contributed by atoms with Crippen LogP contribution in [0.1, 0.15) is 9.67 Å². The van der Waals surface area contributed by atoms with Crippen LogP contribution in [0.3, 0.4) is 0 Å². The van der Waals surface area contributed by atoms with Crippen LogP contribution < -0.4 is 9.64 Å². The minimum absolute atomic E-state index is 0.126. The predicted octanol–water partition coefficient (Wildman–Crippen LogP) is 3.48. The molecule has 1 aromatic heterocycles. The highest BCUT2D eigenvalue weighted by molar-refractivity contribution is 9.11. The van der Waals surface area contributed by atoms with Gasteiger partial charge in [-0.15, -0.1) is 11.3 Å². The van der Waals surface area contributed by atoms with Crippen LogP contribution >= 0.6 is 27.3 Å². The van der Waals surface area contributed by atoms with Crippen LogP contribution in [0.25, 0.3) is 0 Å². The molecule has 2 aromatic rings. The van der Waals surface area contributed by atoms with E-state index in [0.717, 1.165) is 46.3 Å². The molecule has 3 rings (SSSR count). The number of methoxy groups -OCH3 is 1. The van der Waals surface area contributed by atoms with Crippen LogP contribution in [0.4, 0.5) is 5.69 Å². The Balaban J connectivity index is 1.63. The van der Waals surface area contributed by atoms with Gasteiger partial charge in [0.25, 0.3) is 5.91 Å². The summed E-state index contributed by atoms with van der Waals surface area (Å²) in [5, 5.41) is 0. The summed E-state index contributed by atoms with van der Waals surface area (Å²) in [6.45, 7) is 3.16. The van der Waals surface area contributed by atoms with Gasteiger partial charge in [-0.25, -0.2) is 0 Å². The third kappa shape index (κ3) is 3.28. The van der Waals surface area contributed by atoms with Crippen molar-refractivity contribution in [1.29, 1.82) is 0 Å². The third-order valence-electron chi connectivity index (χ3n) is 3.77. The molecule has 116 valence electrons. The Kier molecular flexibility index (Phi) is 4.69. The number of hydrogen-bond donors (Lipinski definition) is 0.